The molecule has 3 N–H and O–H groups in total. The minimum absolute atomic E-state index is 0.0739. The van der Waals surface area contributed by atoms with Gasteiger partial charge in [0, 0.05) is 25.0 Å². The fourth-order valence-corrected chi connectivity index (χ4v) is 2.45. The summed E-state index contributed by atoms with van der Waals surface area (Å²) in [6.45, 7) is 1.42. The van der Waals surface area contributed by atoms with Crippen molar-refractivity contribution in [2.75, 3.05) is 24.1 Å². The van der Waals surface area contributed by atoms with Gasteiger partial charge < -0.3 is 16.0 Å². The highest BCUT2D eigenvalue weighted by Crippen LogP contribution is 2.24. The first-order valence-corrected chi connectivity index (χ1v) is 7.20. The lowest BCUT2D eigenvalue weighted by molar-refractivity contribution is -0.127. The standard InChI is InChI=1S/C15H17ClN4O/c16-13-8-12(18)4-5-14(13)19-10-11(9-17)15(21)20-6-2-1-3-7-20/h4-5,8,10,19H,1-3,6-7,18H2/b11-10-. The number of nitrogen functional groups attached to an aromatic ring is 1. The summed E-state index contributed by atoms with van der Waals surface area (Å²) < 4.78 is 0. The molecule has 1 aliphatic rings. The molecule has 0 bridgehead atoms. The van der Waals surface area contributed by atoms with E-state index in [1.807, 2.05) is 6.07 Å². The molecule has 5 nitrogen and oxygen atoms in total. The summed E-state index contributed by atoms with van der Waals surface area (Å²) >= 11 is 6.03. The highest BCUT2D eigenvalue weighted by atomic mass is 35.5. The smallest absolute Gasteiger partial charge is 0.266 e. The molecule has 6 heteroatoms. The molecular formula is C15H17ClN4O. The number of likely N-dealkylation sites (tertiary alicyclic amines) is 1. The summed E-state index contributed by atoms with van der Waals surface area (Å²) in [6, 6.07) is 6.95. The molecule has 1 heterocycles. The van der Waals surface area contributed by atoms with Crippen LogP contribution in [0.4, 0.5) is 11.4 Å². The fourth-order valence-electron chi connectivity index (χ4n) is 2.21. The predicted octanol–water partition coefficient (Wildman–Crippen LogP) is 2.75. The summed E-state index contributed by atoms with van der Waals surface area (Å²) in [7, 11) is 0. The van der Waals surface area contributed by atoms with Crippen LogP contribution in [0.15, 0.2) is 30.0 Å². The van der Waals surface area contributed by atoms with Crippen molar-refractivity contribution in [3.05, 3.63) is 35.0 Å². The van der Waals surface area contributed by atoms with Crippen LogP contribution in [0.3, 0.4) is 0 Å². The maximum Gasteiger partial charge on any atom is 0.266 e. The Morgan fingerprint density at radius 2 is 2.10 bits per heavy atom. The fraction of sp³-hybridized carbons (Fsp3) is 0.333. The largest absolute Gasteiger partial charge is 0.399 e. The lowest BCUT2D eigenvalue weighted by Crippen LogP contribution is -2.36. The Balaban J connectivity index is 2.09. The van der Waals surface area contributed by atoms with E-state index in [0.717, 1.165) is 19.3 Å². The van der Waals surface area contributed by atoms with Gasteiger partial charge in [-0.3, -0.25) is 4.79 Å². The number of nitriles is 1. The third-order valence-electron chi connectivity index (χ3n) is 3.36. The van der Waals surface area contributed by atoms with Crippen LogP contribution < -0.4 is 11.1 Å². The molecule has 0 aliphatic carbocycles. The molecular weight excluding hydrogens is 288 g/mol. The molecule has 1 aliphatic heterocycles. The molecule has 1 amide bonds. The van der Waals surface area contributed by atoms with E-state index in [2.05, 4.69) is 5.32 Å². The van der Waals surface area contributed by atoms with Gasteiger partial charge in [0.05, 0.1) is 10.7 Å². The SMILES string of the molecule is N#C/C(=C/Nc1ccc(N)cc1Cl)C(=O)N1CCCCC1. The van der Waals surface area contributed by atoms with E-state index >= 15 is 0 Å². The van der Waals surface area contributed by atoms with Gasteiger partial charge in [-0.2, -0.15) is 5.26 Å². The van der Waals surface area contributed by atoms with Crippen LogP contribution in [0, 0.1) is 11.3 Å². The number of piperidine rings is 1. The number of halogens is 1. The summed E-state index contributed by atoms with van der Waals surface area (Å²) in [5.41, 5.74) is 6.85. The first-order chi connectivity index (χ1) is 10.1. The van der Waals surface area contributed by atoms with Crippen molar-refractivity contribution in [3.63, 3.8) is 0 Å². The van der Waals surface area contributed by atoms with Gasteiger partial charge in [0.1, 0.15) is 11.6 Å². The molecule has 1 aromatic carbocycles. The molecule has 1 saturated heterocycles. The number of amides is 1. The van der Waals surface area contributed by atoms with Crippen LogP contribution in [0.5, 0.6) is 0 Å². The maximum absolute atomic E-state index is 12.2. The molecule has 0 saturated carbocycles. The molecule has 1 fully saturated rings. The number of nitrogens with one attached hydrogen (secondary N) is 1. The van der Waals surface area contributed by atoms with Crippen molar-refractivity contribution < 1.29 is 4.79 Å². The van der Waals surface area contributed by atoms with Crippen LogP contribution >= 0.6 is 11.6 Å². The number of anilines is 2. The first kappa shape index (κ1) is 15.2. The highest BCUT2D eigenvalue weighted by Gasteiger charge is 2.20. The van der Waals surface area contributed by atoms with E-state index in [1.54, 1.807) is 23.1 Å². The summed E-state index contributed by atoms with van der Waals surface area (Å²) in [5.74, 6) is -0.240. The minimum atomic E-state index is -0.240. The van der Waals surface area contributed by atoms with Crippen LogP contribution in [-0.4, -0.2) is 23.9 Å². The maximum atomic E-state index is 12.2. The van der Waals surface area contributed by atoms with Crippen LogP contribution in [0.1, 0.15) is 19.3 Å². The van der Waals surface area contributed by atoms with Crippen molar-refractivity contribution >= 4 is 28.9 Å². The zero-order valence-electron chi connectivity index (χ0n) is 11.6. The molecule has 0 spiro atoms. The van der Waals surface area contributed by atoms with Gasteiger partial charge in [0.15, 0.2) is 0 Å². The number of benzene rings is 1. The number of carbonyl (C=O) groups is 1. The molecule has 21 heavy (non-hydrogen) atoms. The van der Waals surface area contributed by atoms with E-state index in [-0.39, 0.29) is 11.5 Å². The van der Waals surface area contributed by atoms with Gasteiger partial charge in [-0.1, -0.05) is 11.6 Å². The van der Waals surface area contributed by atoms with Gasteiger partial charge in [-0.25, -0.2) is 0 Å². The van der Waals surface area contributed by atoms with Crippen LogP contribution in [0.2, 0.25) is 5.02 Å². The van der Waals surface area contributed by atoms with E-state index in [0.29, 0.717) is 29.5 Å². The van der Waals surface area contributed by atoms with Crippen LogP contribution in [-0.2, 0) is 4.79 Å². The second-order valence-electron chi connectivity index (χ2n) is 4.91. The number of carbonyl (C=O) groups excluding carboxylic acids is 1. The average molecular weight is 305 g/mol. The average Bonchev–Trinajstić information content (AvgIpc) is 2.50. The van der Waals surface area contributed by atoms with Crippen molar-refractivity contribution in [1.82, 2.24) is 4.90 Å². The molecule has 0 radical (unpaired) electrons. The third-order valence-corrected chi connectivity index (χ3v) is 3.67. The van der Waals surface area contributed by atoms with Gasteiger partial charge in [0.2, 0.25) is 0 Å². The lowest BCUT2D eigenvalue weighted by atomic mass is 10.1. The van der Waals surface area contributed by atoms with E-state index in [4.69, 9.17) is 22.6 Å². The molecule has 1 aromatic rings. The summed E-state index contributed by atoms with van der Waals surface area (Å²) in [4.78, 5) is 13.9. The molecule has 0 unspecified atom stereocenters. The van der Waals surface area contributed by atoms with Crippen LogP contribution in [0.25, 0.3) is 0 Å². The van der Waals surface area contributed by atoms with Crippen molar-refractivity contribution in [3.8, 4) is 6.07 Å². The number of nitrogens with two attached hydrogens (primary N) is 1. The highest BCUT2D eigenvalue weighted by molar-refractivity contribution is 6.33. The molecule has 2 rings (SSSR count). The predicted molar refractivity (Wildman–Crippen MR) is 83.6 cm³/mol. The quantitative estimate of drug-likeness (QED) is 0.511. The number of hydrogen-bond donors (Lipinski definition) is 2. The zero-order chi connectivity index (χ0) is 15.2. The Morgan fingerprint density at radius 1 is 1.38 bits per heavy atom. The Hall–Kier alpha value is -2.19. The molecule has 0 aromatic heterocycles. The van der Waals surface area contributed by atoms with Crippen molar-refractivity contribution in [1.29, 1.82) is 5.26 Å². The van der Waals surface area contributed by atoms with Gasteiger partial charge in [-0.15, -0.1) is 0 Å². The van der Waals surface area contributed by atoms with Gasteiger partial charge in [-0.05, 0) is 37.5 Å². The number of hydrogen-bond acceptors (Lipinski definition) is 4. The summed E-state index contributed by atoms with van der Waals surface area (Å²) in [6.07, 6.45) is 4.51. The monoisotopic (exact) mass is 304 g/mol. The molecule has 0 atom stereocenters. The zero-order valence-corrected chi connectivity index (χ0v) is 12.4. The summed E-state index contributed by atoms with van der Waals surface area (Å²) in [5, 5.41) is 12.5. The second-order valence-corrected chi connectivity index (χ2v) is 5.31. The van der Waals surface area contributed by atoms with Gasteiger partial charge >= 0.3 is 0 Å². The third kappa shape index (κ3) is 3.89. The number of rotatable bonds is 3. The van der Waals surface area contributed by atoms with Crippen molar-refractivity contribution in [2.45, 2.75) is 19.3 Å². The van der Waals surface area contributed by atoms with Gasteiger partial charge in [0.25, 0.3) is 5.91 Å². The molecule has 110 valence electrons. The van der Waals surface area contributed by atoms with E-state index in [1.165, 1.54) is 6.20 Å². The topological polar surface area (TPSA) is 82.1 Å². The second kappa shape index (κ2) is 7.00. The normalized spacial score (nSPS) is 15.4. The lowest BCUT2D eigenvalue weighted by Gasteiger charge is -2.26. The Bertz CT molecular complexity index is 600. The first-order valence-electron chi connectivity index (χ1n) is 6.83. The number of nitrogens with zero attached hydrogens (tertiary/aromatic N) is 2. The van der Waals surface area contributed by atoms with E-state index in [9.17, 15) is 4.79 Å². The Kier molecular flexibility index (Phi) is 5.07. The van der Waals surface area contributed by atoms with E-state index < -0.39 is 0 Å². The Labute approximate surface area is 129 Å². The van der Waals surface area contributed by atoms with Crippen molar-refractivity contribution in [2.24, 2.45) is 0 Å². The Morgan fingerprint density at radius 3 is 2.71 bits per heavy atom. The minimum Gasteiger partial charge on any atom is -0.399 e.